The van der Waals surface area contributed by atoms with Gasteiger partial charge in [-0.15, -0.1) is 0 Å². The fourth-order valence-electron chi connectivity index (χ4n) is 2.93. The number of aromatic nitrogens is 3. The molecule has 6 heteroatoms. The molecule has 1 aliphatic rings. The number of nitrogens with two attached hydrogens (primary N) is 1. The molecule has 1 aliphatic heterocycles. The second-order valence-electron chi connectivity index (χ2n) is 5.54. The van der Waals surface area contributed by atoms with E-state index in [0.717, 1.165) is 18.7 Å². The van der Waals surface area contributed by atoms with E-state index < -0.39 is 5.91 Å². The number of fused-ring (bicyclic) bond motifs is 1. The number of para-hydroxylation sites is 1. The summed E-state index contributed by atoms with van der Waals surface area (Å²) in [6, 6.07) is 13.6. The monoisotopic (exact) mass is 317 g/mol. The average Bonchev–Trinajstić information content (AvgIpc) is 3.06. The van der Waals surface area contributed by atoms with Gasteiger partial charge < -0.3 is 10.6 Å². The van der Waals surface area contributed by atoms with E-state index in [1.165, 1.54) is 11.8 Å². The van der Waals surface area contributed by atoms with Crippen molar-refractivity contribution in [2.75, 3.05) is 11.4 Å². The molecule has 0 atom stereocenters. The van der Waals surface area contributed by atoms with Gasteiger partial charge in [-0.2, -0.15) is 0 Å². The number of amides is 1. The summed E-state index contributed by atoms with van der Waals surface area (Å²) in [6.45, 7) is 0.748. The lowest BCUT2D eigenvalue weighted by atomic mass is 10.2. The van der Waals surface area contributed by atoms with Crippen molar-refractivity contribution >= 4 is 17.4 Å². The molecule has 0 spiro atoms. The smallest absolute Gasteiger partial charge is 0.254 e. The maximum atomic E-state index is 11.8. The molecular formula is C18H15N5O. The molecule has 24 heavy (non-hydrogen) atoms. The van der Waals surface area contributed by atoms with Gasteiger partial charge in [0.05, 0.1) is 0 Å². The van der Waals surface area contributed by atoms with E-state index in [1.807, 2.05) is 41.3 Å². The highest BCUT2D eigenvalue weighted by Crippen LogP contribution is 2.35. The first kappa shape index (κ1) is 14.3. The van der Waals surface area contributed by atoms with Crippen LogP contribution in [0.4, 0.5) is 11.5 Å². The lowest BCUT2D eigenvalue weighted by molar-refractivity contribution is 0.1000. The van der Waals surface area contributed by atoms with Gasteiger partial charge in [-0.3, -0.25) is 9.78 Å². The second kappa shape index (κ2) is 5.73. The molecule has 6 nitrogen and oxygen atoms in total. The summed E-state index contributed by atoms with van der Waals surface area (Å²) in [5.74, 6) is 0.463. The van der Waals surface area contributed by atoms with Crippen molar-refractivity contribution in [1.82, 2.24) is 15.0 Å². The number of anilines is 2. The largest absolute Gasteiger partial charge is 0.365 e. The first-order chi connectivity index (χ1) is 11.7. The predicted molar refractivity (Wildman–Crippen MR) is 90.9 cm³/mol. The van der Waals surface area contributed by atoms with E-state index in [2.05, 4.69) is 21.0 Å². The number of carbonyl (C=O) groups excluding carboxylic acids is 1. The Bertz CT molecular complexity index is 910. The van der Waals surface area contributed by atoms with Crippen LogP contribution in [-0.4, -0.2) is 27.4 Å². The van der Waals surface area contributed by atoms with Crippen LogP contribution in [0.25, 0.3) is 11.5 Å². The van der Waals surface area contributed by atoms with Gasteiger partial charge in [-0.05, 0) is 30.2 Å². The molecule has 0 saturated heterocycles. The summed E-state index contributed by atoms with van der Waals surface area (Å²) in [6.07, 6.45) is 4.07. The molecule has 4 rings (SSSR count). The first-order valence-corrected chi connectivity index (χ1v) is 7.68. The molecular weight excluding hydrogens is 302 g/mol. The van der Waals surface area contributed by atoms with Crippen molar-refractivity contribution < 1.29 is 4.79 Å². The fourth-order valence-corrected chi connectivity index (χ4v) is 2.93. The van der Waals surface area contributed by atoms with Crippen molar-refractivity contribution in [1.29, 1.82) is 0 Å². The highest BCUT2D eigenvalue weighted by atomic mass is 16.1. The van der Waals surface area contributed by atoms with E-state index in [1.54, 1.807) is 6.20 Å². The number of rotatable bonds is 3. The summed E-state index contributed by atoms with van der Waals surface area (Å²) in [5.41, 5.74) is 8.77. The Kier molecular flexibility index (Phi) is 3.42. The summed E-state index contributed by atoms with van der Waals surface area (Å²) >= 11 is 0. The number of pyridine rings is 1. The zero-order valence-electron chi connectivity index (χ0n) is 12.9. The molecule has 0 saturated carbocycles. The molecule has 1 amide bonds. The zero-order chi connectivity index (χ0) is 16.5. The van der Waals surface area contributed by atoms with Crippen LogP contribution < -0.4 is 10.6 Å². The third-order valence-electron chi connectivity index (χ3n) is 4.07. The molecule has 2 aromatic heterocycles. The number of carbonyl (C=O) groups is 1. The standard InChI is InChI=1S/C18H15N5O/c19-16(24)13-11-21-17(14-6-3-4-9-20-14)22-18(13)23-10-8-12-5-1-2-7-15(12)23/h1-7,9,11H,8,10H2,(H2,19,24). The number of nitrogens with zero attached hydrogens (tertiary/aromatic N) is 4. The van der Waals surface area contributed by atoms with Crippen LogP contribution >= 0.6 is 0 Å². The van der Waals surface area contributed by atoms with Crippen LogP contribution in [0.1, 0.15) is 15.9 Å². The van der Waals surface area contributed by atoms with Gasteiger partial charge in [0.25, 0.3) is 5.91 Å². The molecule has 3 heterocycles. The van der Waals surface area contributed by atoms with Gasteiger partial charge in [0.1, 0.15) is 17.1 Å². The van der Waals surface area contributed by atoms with Gasteiger partial charge in [-0.25, -0.2) is 9.97 Å². The maximum Gasteiger partial charge on any atom is 0.254 e. The fraction of sp³-hybridized carbons (Fsp3) is 0.111. The third-order valence-corrected chi connectivity index (χ3v) is 4.07. The topological polar surface area (TPSA) is 85.0 Å². The van der Waals surface area contributed by atoms with E-state index in [-0.39, 0.29) is 0 Å². The van der Waals surface area contributed by atoms with Gasteiger partial charge in [-0.1, -0.05) is 24.3 Å². The Labute approximate surface area is 139 Å². The number of primary amides is 1. The lowest BCUT2D eigenvalue weighted by Gasteiger charge is -2.20. The van der Waals surface area contributed by atoms with Crippen molar-refractivity contribution in [3.05, 3.63) is 66.0 Å². The summed E-state index contributed by atoms with van der Waals surface area (Å²) in [4.78, 5) is 27.0. The van der Waals surface area contributed by atoms with Crippen LogP contribution in [0.2, 0.25) is 0 Å². The molecule has 0 radical (unpaired) electrons. The Morgan fingerprint density at radius 3 is 2.71 bits per heavy atom. The molecule has 0 aliphatic carbocycles. The highest BCUT2D eigenvalue weighted by molar-refractivity contribution is 5.98. The molecule has 3 aromatic rings. The van der Waals surface area contributed by atoms with Gasteiger partial charge in [0.2, 0.25) is 0 Å². The van der Waals surface area contributed by atoms with Crippen molar-refractivity contribution in [3.8, 4) is 11.5 Å². The summed E-state index contributed by atoms with van der Waals surface area (Å²) in [5, 5.41) is 0. The lowest BCUT2D eigenvalue weighted by Crippen LogP contribution is -2.22. The number of benzene rings is 1. The first-order valence-electron chi connectivity index (χ1n) is 7.68. The van der Waals surface area contributed by atoms with Crippen LogP contribution in [0.5, 0.6) is 0 Å². The third kappa shape index (κ3) is 2.38. The van der Waals surface area contributed by atoms with Crippen molar-refractivity contribution in [2.24, 2.45) is 5.73 Å². The van der Waals surface area contributed by atoms with Gasteiger partial charge >= 0.3 is 0 Å². The van der Waals surface area contributed by atoms with Crippen LogP contribution in [0.15, 0.2) is 54.9 Å². The SMILES string of the molecule is NC(=O)c1cnc(-c2ccccn2)nc1N1CCc2ccccc21. The van der Waals surface area contributed by atoms with Crippen molar-refractivity contribution in [3.63, 3.8) is 0 Å². The zero-order valence-corrected chi connectivity index (χ0v) is 12.9. The van der Waals surface area contributed by atoms with E-state index in [0.29, 0.717) is 22.9 Å². The van der Waals surface area contributed by atoms with E-state index in [9.17, 15) is 4.79 Å². The molecule has 2 N–H and O–H groups in total. The minimum absolute atomic E-state index is 0.311. The van der Waals surface area contributed by atoms with Crippen molar-refractivity contribution in [2.45, 2.75) is 6.42 Å². The molecule has 1 aromatic carbocycles. The van der Waals surface area contributed by atoms with E-state index in [4.69, 9.17) is 5.73 Å². The van der Waals surface area contributed by atoms with Crippen LogP contribution in [0, 0.1) is 0 Å². The molecule has 0 unspecified atom stereocenters. The minimum atomic E-state index is -0.540. The minimum Gasteiger partial charge on any atom is -0.365 e. The van der Waals surface area contributed by atoms with E-state index >= 15 is 0 Å². The van der Waals surface area contributed by atoms with Crippen LogP contribution in [-0.2, 0) is 6.42 Å². The predicted octanol–water partition coefficient (Wildman–Crippen LogP) is 2.33. The molecule has 0 fully saturated rings. The highest BCUT2D eigenvalue weighted by Gasteiger charge is 2.25. The summed E-state index contributed by atoms with van der Waals surface area (Å²) < 4.78 is 0. The van der Waals surface area contributed by atoms with Gasteiger partial charge in [0, 0.05) is 24.6 Å². The Morgan fingerprint density at radius 1 is 1.08 bits per heavy atom. The van der Waals surface area contributed by atoms with Gasteiger partial charge in [0.15, 0.2) is 5.82 Å². The quantitative estimate of drug-likeness (QED) is 0.801. The maximum absolute atomic E-state index is 11.8. The molecule has 0 bridgehead atoms. The molecule has 118 valence electrons. The second-order valence-corrected chi connectivity index (χ2v) is 5.54. The normalized spacial score (nSPS) is 12.9. The number of hydrogen-bond donors (Lipinski definition) is 1. The van der Waals surface area contributed by atoms with Crippen LogP contribution in [0.3, 0.4) is 0 Å². The number of hydrogen-bond acceptors (Lipinski definition) is 5. The Balaban J connectivity index is 1.86. The average molecular weight is 317 g/mol. The Hall–Kier alpha value is -3.28. The summed E-state index contributed by atoms with van der Waals surface area (Å²) in [7, 11) is 0. The Morgan fingerprint density at radius 2 is 1.92 bits per heavy atom.